The number of benzene rings is 1. The van der Waals surface area contributed by atoms with E-state index in [0.29, 0.717) is 11.0 Å². The lowest BCUT2D eigenvalue weighted by atomic mass is 10.2. The molecule has 96 valence electrons. The van der Waals surface area contributed by atoms with Crippen molar-refractivity contribution in [3.05, 3.63) is 51.5 Å². The highest BCUT2D eigenvalue weighted by atomic mass is 79.9. The standard InChI is InChI=1S/C13H15BrFN3/c1-9-11(8-17-18(9)2)7-16-6-10-4-3-5-12(15)13(10)14/h3-5,8,16H,6-7H2,1-2H3. The summed E-state index contributed by atoms with van der Waals surface area (Å²) in [6, 6.07) is 5.06. The van der Waals surface area contributed by atoms with Crippen molar-refractivity contribution in [2.24, 2.45) is 7.05 Å². The second-order valence-electron chi connectivity index (χ2n) is 4.20. The molecule has 2 rings (SSSR count). The van der Waals surface area contributed by atoms with Gasteiger partial charge in [-0.05, 0) is 34.5 Å². The Bertz CT molecular complexity index is 551. The van der Waals surface area contributed by atoms with Gasteiger partial charge in [0.15, 0.2) is 0 Å². The number of hydrogen-bond acceptors (Lipinski definition) is 2. The van der Waals surface area contributed by atoms with Crippen LogP contribution in [0.2, 0.25) is 0 Å². The first-order valence-electron chi connectivity index (χ1n) is 5.70. The van der Waals surface area contributed by atoms with Gasteiger partial charge in [-0.15, -0.1) is 0 Å². The molecular formula is C13H15BrFN3. The minimum absolute atomic E-state index is 0.230. The molecule has 0 aliphatic carbocycles. The largest absolute Gasteiger partial charge is 0.308 e. The van der Waals surface area contributed by atoms with E-state index in [2.05, 4.69) is 26.3 Å². The molecule has 0 aliphatic rings. The first kappa shape index (κ1) is 13.2. The molecule has 1 N–H and O–H groups in total. The zero-order valence-corrected chi connectivity index (χ0v) is 12.0. The molecule has 0 atom stereocenters. The molecule has 0 spiro atoms. The Morgan fingerprint density at radius 1 is 1.33 bits per heavy atom. The minimum Gasteiger partial charge on any atom is -0.308 e. The van der Waals surface area contributed by atoms with Crippen molar-refractivity contribution in [2.45, 2.75) is 20.0 Å². The van der Waals surface area contributed by atoms with E-state index in [-0.39, 0.29) is 5.82 Å². The Hall–Kier alpha value is -1.20. The maximum atomic E-state index is 13.3. The number of aromatic nitrogens is 2. The molecular weight excluding hydrogens is 297 g/mol. The third-order valence-corrected chi connectivity index (χ3v) is 3.89. The van der Waals surface area contributed by atoms with Crippen molar-refractivity contribution in [3.8, 4) is 0 Å². The molecule has 5 heteroatoms. The summed E-state index contributed by atoms with van der Waals surface area (Å²) < 4.78 is 15.7. The van der Waals surface area contributed by atoms with Crippen LogP contribution in [-0.2, 0) is 20.1 Å². The molecule has 0 saturated carbocycles. The lowest BCUT2D eigenvalue weighted by Gasteiger charge is -2.07. The van der Waals surface area contributed by atoms with Crippen molar-refractivity contribution in [1.82, 2.24) is 15.1 Å². The molecule has 1 aromatic carbocycles. The maximum absolute atomic E-state index is 13.3. The zero-order chi connectivity index (χ0) is 13.1. The van der Waals surface area contributed by atoms with Gasteiger partial charge in [-0.25, -0.2) is 4.39 Å². The van der Waals surface area contributed by atoms with Gasteiger partial charge in [0, 0.05) is 31.4 Å². The van der Waals surface area contributed by atoms with Crippen LogP contribution in [0.5, 0.6) is 0 Å². The SMILES string of the molecule is Cc1c(CNCc2cccc(F)c2Br)cnn1C. The fourth-order valence-corrected chi connectivity index (χ4v) is 2.14. The predicted octanol–water partition coefficient (Wildman–Crippen LogP) is 2.92. The van der Waals surface area contributed by atoms with E-state index in [1.165, 1.54) is 6.07 Å². The van der Waals surface area contributed by atoms with Gasteiger partial charge in [-0.1, -0.05) is 12.1 Å². The summed E-state index contributed by atoms with van der Waals surface area (Å²) in [6.07, 6.45) is 1.85. The van der Waals surface area contributed by atoms with Crippen molar-refractivity contribution in [1.29, 1.82) is 0 Å². The van der Waals surface area contributed by atoms with Crippen LogP contribution in [0.3, 0.4) is 0 Å². The lowest BCUT2D eigenvalue weighted by Crippen LogP contribution is -2.13. The quantitative estimate of drug-likeness (QED) is 0.941. The van der Waals surface area contributed by atoms with E-state index >= 15 is 0 Å². The average molecular weight is 312 g/mol. The highest BCUT2D eigenvalue weighted by molar-refractivity contribution is 9.10. The van der Waals surface area contributed by atoms with Crippen molar-refractivity contribution in [3.63, 3.8) is 0 Å². The van der Waals surface area contributed by atoms with Gasteiger partial charge in [0.05, 0.1) is 10.7 Å². The van der Waals surface area contributed by atoms with E-state index in [9.17, 15) is 4.39 Å². The number of halogens is 2. The predicted molar refractivity (Wildman–Crippen MR) is 72.6 cm³/mol. The van der Waals surface area contributed by atoms with Gasteiger partial charge >= 0.3 is 0 Å². The van der Waals surface area contributed by atoms with E-state index in [4.69, 9.17) is 0 Å². The zero-order valence-electron chi connectivity index (χ0n) is 10.4. The fraction of sp³-hybridized carbons (Fsp3) is 0.308. The van der Waals surface area contributed by atoms with E-state index in [1.54, 1.807) is 6.07 Å². The smallest absolute Gasteiger partial charge is 0.137 e. The molecule has 0 amide bonds. The van der Waals surface area contributed by atoms with Gasteiger partial charge in [-0.3, -0.25) is 4.68 Å². The van der Waals surface area contributed by atoms with Crippen molar-refractivity contribution >= 4 is 15.9 Å². The molecule has 0 bridgehead atoms. The topological polar surface area (TPSA) is 29.9 Å². The summed E-state index contributed by atoms with van der Waals surface area (Å²) >= 11 is 3.25. The third-order valence-electron chi connectivity index (χ3n) is 3.00. The van der Waals surface area contributed by atoms with E-state index < -0.39 is 0 Å². The van der Waals surface area contributed by atoms with E-state index in [1.807, 2.05) is 30.9 Å². The summed E-state index contributed by atoms with van der Waals surface area (Å²) in [5.74, 6) is -0.230. The summed E-state index contributed by atoms with van der Waals surface area (Å²) in [5.41, 5.74) is 3.21. The second-order valence-corrected chi connectivity index (χ2v) is 4.99. The van der Waals surface area contributed by atoms with Crippen LogP contribution in [0, 0.1) is 12.7 Å². The van der Waals surface area contributed by atoms with Crippen LogP contribution in [0.15, 0.2) is 28.9 Å². The van der Waals surface area contributed by atoms with E-state index in [0.717, 1.165) is 23.4 Å². The Balaban J connectivity index is 1.97. The third kappa shape index (κ3) is 2.79. The van der Waals surface area contributed by atoms with Crippen molar-refractivity contribution in [2.75, 3.05) is 0 Å². The summed E-state index contributed by atoms with van der Waals surface area (Å²) in [4.78, 5) is 0. The fourth-order valence-electron chi connectivity index (χ4n) is 1.73. The highest BCUT2D eigenvalue weighted by Crippen LogP contribution is 2.20. The summed E-state index contributed by atoms with van der Waals surface area (Å²) in [7, 11) is 1.92. The number of hydrogen-bond donors (Lipinski definition) is 1. The number of aryl methyl sites for hydroxylation is 1. The Morgan fingerprint density at radius 3 is 2.72 bits per heavy atom. The van der Waals surface area contributed by atoms with Crippen LogP contribution < -0.4 is 5.32 Å². The van der Waals surface area contributed by atoms with Gasteiger partial charge in [-0.2, -0.15) is 5.10 Å². The molecule has 1 heterocycles. The van der Waals surface area contributed by atoms with Gasteiger partial charge < -0.3 is 5.32 Å². The minimum atomic E-state index is -0.230. The molecule has 1 aromatic heterocycles. The first-order valence-corrected chi connectivity index (χ1v) is 6.50. The number of nitrogens with one attached hydrogen (secondary N) is 1. The molecule has 0 unspecified atom stereocenters. The van der Waals surface area contributed by atoms with Gasteiger partial charge in [0.25, 0.3) is 0 Å². The van der Waals surface area contributed by atoms with Crippen LogP contribution in [0.1, 0.15) is 16.8 Å². The normalized spacial score (nSPS) is 10.9. The highest BCUT2D eigenvalue weighted by Gasteiger charge is 2.06. The molecule has 3 nitrogen and oxygen atoms in total. The molecule has 0 saturated heterocycles. The van der Waals surface area contributed by atoms with Crippen LogP contribution in [-0.4, -0.2) is 9.78 Å². The first-order chi connectivity index (χ1) is 8.59. The average Bonchev–Trinajstić information content (AvgIpc) is 2.66. The Morgan fingerprint density at radius 2 is 2.06 bits per heavy atom. The Labute approximate surface area is 114 Å². The van der Waals surface area contributed by atoms with Gasteiger partial charge in [0.2, 0.25) is 0 Å². The van der Waals surface area contributed by atoms with Crippen LogP contribution in [0.4, 0.5) is 4.39 Å². The van der Waals surface area contributed by atoms with Crippen molar-refractivity contribution < 1.29 is 4.39 Å². The lowest BCUT2D eigenvalue weighted by molar-refractivity contribution is 0.612. The Kier molecular flexibility index (Phi) is 4.14. The number of rotatable bonds is 4. The van der Waals surface area contributed by atoms with Crippen LogP contribution >= 0.6 is 15.9 Å². The molecule has 0 fully saturated rings. The maximum Gasteiger partial charge on any atom is 0.137 e. The van der Waals surface area contributed by atoms with Crippen LogP contribution in [0.25, 0.3) is 0 Å². The summed E-state index contributed by atoms with van der Waals surface area (Å²) in [6.45, 7) is 3.37. The van der Waals surface area contributed by atoms with Gasteiger partial charge in [0.1, 0.15) is 5.82 Å². The molecule has 0 aliphatic heterocycles. The molecule has 2 aromatic rings. The molecule has 18 heavy (non-hydrogen) atoms. The summed E-state index contributed by atoms with van der Waals surface area (Å²) in [5, 5.41) is 7.47. The second kappa shape index (κ2) is 5.63. The number of nitrogens with zero attached hydrogens (tertiary/aromatic N) is 2. The molecule has 0 radical (unpaired) electrons. The monoisotopic (exact) mass is 311 g/mol.